The lowest BCUT2D eigenvalue weighted by molar-refractivity contribution is 0.414. The molecule has 0 amide bonds. The largest absolute Gasteiger partial charge is 0.361 e. The molecule has 0 aliphatic heterocycles. The van der Waals surface area contributed by atoms with Crippen molar-refractivity contribution in [2.24, 2.45) is 0 Å². The van der Waals surface area contributed by atoms with E-state index in [-0.39, 0.29) is 127 Å². The fraction of sp³-hybridized carbons (Fsp3) is 0.429. The van der Waals surface area contributed by atoms with Gasteiger partial charge < -0.3 is 59.3 Å². The first-order valence-electron chi connectivity index (χ1n) is 62.5. The van der Waals surface area contributed by atoms with Gasteiger partial charge in [0.05, 0.1) is 42.7 Å². The van der Waals surface area contributed by atoms with E-state index >= 15 is 0 Å². The van der Waals surface area contributed by atoms with Crippen LogP contribution >= 0.6 is 0 Å². The maximum absolute atomic E-state index is 12.1. The molecule has 0 spiro atoms. The molecule has 0 bridgehead atoms. The van der Waals surface area contributed by atoms with Crippen molar-refractivity contribution in [1.29, 1.82) is 0 Å². The molecule has 0 atom stereocenters. The normalized spacial score (nSPS) is 21.5. The second-order valence-electron chi connectivity index (χ2n) is 25.9. The number of aromatic amines is 6. The third-order valence-electron chi connectivity index (χ3n) is 15.8. The molecule has 6 aromatic heterocycles. The Morgan fingerprint density at radius 2 is 0.550 bits per heavy atom. The van der Waals surface area contributed by atoms with Crippen LogP contribution in [0.5, 0.6) is 0 Å². The summed E-state index contributed by atoms with van der Waals surface area (Å²) < 4.78 is 590. The van der Waals surface area contributed by atoms with Crippen molar-refractivity contribution >= 4 is 126 Å². The first kappa shape index (κ1) is 44.9. The van der Waals surface area contributed by atoms with Gasteiger partial charge in [0.15, 0.2) is 4.24 Å². The van der Waals surface area contributed by atoms with Gasteiger partial charge in [-0.3, -0.25) is 0 Å². The van der Waals surface area contributed by atoms with Gasteiger partial charge in [-0.15, -0.1) is 0 Å². The minimum atomic E-state index is -4.38. The Labute approximate surface area is 791 Å². The summed E-state index contributed by atoms with van der Waals surface area (Å²) in [6.07, 6.45) is -18.7. The van der Waals surface area contributed by atoms with Gasteiger partial charge in [0.2, 0.25) is 60.1 Å². The van der Waals surface area contributed by atoms with Crippen LogP contribution in [0.2, 0.25) is 8.47 Å². The Morgan fingerprint density at radius 1 is 0.308 bits per heavy atom. The van der Waals surface area contributed by atoms with Gasteiger partial charge in [0.25, 0.3) is 0 Å². The van der Waals surface area contributed by atoms with E-state index < -0.39 is 275 Å². The van der Waals surface area contributed by atoms with E-state index in [4.69, 9.17) is 78.4 Å². The summed E-state index contributed by atoms with van der Waals surface area (Å²) in [4.78, 5) is 13.1. The Bertz CT molecular complexity index is 8720. The lowest BCUT2D eigenvalue weighted by Crippen LogP contribution is -2.20. The molecule has 30 nitrogen and oxygen atoms in total. The molecule has 660 valence electrons. The number of rotatable bonds is 36. The minimum absolute atomic E-state index is 0.0237. The van der Waals surface area contributed by atoms with E-state index in [1.165, 1.54) is 134 Å². The zero-order valence-corrected chi connectivity index (χ0v) is 70.4. The predicted octanol–water partition coefficient (Wildman–Crippen LogP) is 7.93. The molecule has 0 saturated carbocycles. The molecule has 0 fully saturated rings. The van der Waals surface area contributed by atoms with Crippen molar-refractivity contribution in [3.05, 3.63) is 213 Å². The average molecular weight is 1830 g/mol. The van der Waals surface area contributed by atoms with Crippen LogP contribution in [0.25, 0.3) is 65.4 Å². The van der Waals surface area contributed by atoms with Crippen molar-refractivity contribution in [2.45, 2.75) is 72.8 Å². The lowest BCUT2D eigenvalue weighted by atomic mass is 10.1. The van der Waals surface area contributed by atoms with Crippen LogP contribution < -0.4 is 28.3 Å². The monoisotopic (exact) mass is 1830 g/mol. The third-order valence-corrected chi connectivity index (χ3v) is 22.7. The van der Waals surface area contributed by atoms with Gasteiger partial charge in [-0.2, -0.15) is 0 Å². The molecule has 12 rings (SSSR count). The molecular formula is C84H126N18O12S6. The number of aryl methyl sites for hydroxylation is 3. The van der Waals surface area contributed by atoms with Crippen LogP contribution in [0, 0.1) is 0 Å². The van der Waals surface area contributed by atoms with Crippen LogP contribution in [-0.2, 0) is 133 Å². The summed E-state index contributed by atoms with van der Waals surface area (Å²) in [7, 11) is -13.0. The first-order valence-corrected chi connectivity index (χ1v) is 44.1. The molecule has 6 heterocycles. The molecule has 0 saturated heterocycles. The standard InChI is InChI=1S/6C14H21N3O2S/c6*1-15-20(18,19)10-11-4-5-14-13(8-11)12(9-16-14)6-7-17(2)3/h6*4-5,8-9,15-16H,6-7,10H2,1-3H3/i1D3,2D3,3D3,6D2,7D2,9D;1D3,2D3,6D2,7D2,9D;2D3,3D3,6D2,9D;1D3,6D2,7D2,9D;2D3,6D2,9D;6D2,9D/hD6. The zero-order chi connectivity index (χ0) is 138. The molecule has 0 unspecified atom stereocenters. The quantitative estimate of drug-likeness (QED) is 0.0177. The number of nitrogens with zero attached hydrogens (tertiary/aromatic N) is 6. The van der Waals surface area contributed by atoms with E-state index in [0.29, 0.717) is 41.4 Å². The summed E-state index contributed by atoms with van der Waals surface area (Å²) in [6, 6.07) is 24.2. The van der Waals surface area contributed by atoms with Crippen LogP contribution in [0.3, 0.4) is 0 Å². The van der Waals surface area contributed by atoms with Crippen LogP contribution in [0.15, 0.2) is 146 Å². The van der Waals surface area contributed by atoms with E-state index in [1.54, 1.807) is 23.7 Å². The minimum Gasteiger partial charge on any atom is -0.361 e. The maximum atomic E-state index is 12.1. The molecule has 0 aliphatic carbocycles. The zero-order valence-electron chi connectivity index (χ0n) is 122. The van der Waals surface area contributed by atoms with Crippen LogP contribution in [0.4, 0.5) is 0 Å². The first-order chi connectivity index (χ1) is 78.8. The van der Waals surface area contributed by atoms with E-state index in [0.717, 1.165) is 49.0 Å². The van der Waals surface area contributed by atoms with Gasteiger partial charge in [0.1, 0.15) is 4.24 Å². The highest BCUT2D eigenvalue weighted by Gasteiger charge is 2.19. The average Bonchev–Trinajstić information content (AvgIpc) is 1.65. The lowest BCUT2D eigenvalue weighted by Gasteiger charge is -2.08. The van der Waals surface area contributed by atoms with Crippen LogP contribution in [0.1, 0.15) is 137 Å². The molecule has 0 radical (unpaired) electrons. The van der Waals surface area contributed by atoms with Crippen molar-refractivity contribution in [1.82, 2.24) is 87.6 Å². The fourth-order valence-electron chi connectivity index (χ4n) is 10.3. The Morgan fingerprint density at radius 3 is 0.817 bits per heavy atom. The van der Waals surface area contributed by atoms with Crippen molar-refractivity contribution in [2.75, 3.05) is 165 Å². The van der Waals surface area contributed by atoms with E-state index in [1.807, 2.05) is 0 Å². The summed E-state index contributed by atoms with van der Waals surface area (Å²) >= 11 is 0. The molecule has 12 N–H and O–H groups in total. The summed E-state index contributed by atoms with van der Waals surface area (Å²) in [5.74, 6) is -3.79. The molecular weight excluding hydrogens is 1650 g/mol. The highest BCUT2D eigenvalue weighted by molar-refractivity contribution is 7.90. The number of sulfonamides is 6. The number of fused-ring (bicyclic) bond motifs is 6. The molecule has 6 aromatic carbocycles. The number of likely N-dealkylation sites (N-methyl/N-ethyl adjacent to an activating group) is 6. The predicted molar refractivity (Wildman–Crippen MR) is 493 cm³/mol. The van der Waals surface area contributed by atoms with E-state index in [2.05, 4.69) is 15.0 Å². The summed E-state index contributed by atoms with van der Waals surface area (Å²) in [6.45, 7) is -38.7. The number of benzene rings is 6. The topological polar surface area (TPSA) is 391 Å². The van der Waals surface area contributed by atoms with Gasteiger partial charge in [-0.05, 0) is 304 Å². The van der Waals surface area contributed by atoms with Gasteiger partial charge in [0, 0.05) is 203 Å². The number of hydrogen-bond acceptors (Lipinski definition) is 18. The number of H-pyrrole nitrogens is 6. The smallest absolute Gasteiger partial charge is 0.215 e. The second-order valence-corrected chi connectivity index (χ2v) is 36.5. The molecule has 36 heteroatoms. The number of aromatic nitrogens is 6. The van der Waals surface area contributed by atoms with Crippen molar-refractivity contribution in [3.8, 4) is 0 Å². The molecule has 12 aromatic rings. The maximum Gasteiger partial charge on any atom is 0.215 e. The van der Waals surface area contributed by atoms with Gasteiger partial charge >= 0.3 is 0 Å². The SMILES string of the molecule is [2H]c1[nH]c2ccc(CS(=O)(=O)NC([2H])([2H])[2H])cc2c1C([2H])([2H])C([2H])([2H])N(C([2H])([2H])[2H])C([2H])([2H])[2H].[2H]c1[nH]c2ccc(CS(=O)(=O)NC([2H])([2H])[2H])cc2c1C([2H])([2H])C([2H])([2H])N(C)C.[2H]c1[nH]c2ccc(CS(=O)(=O)NC([2H])([2H])[2H])cc2c1C([2H])([2H])C([2H])([2H])N(C)C([2H])([2H])[2H].[2H]c1c(C([2H])([2H])CN(C([2H])([2H])[2H])C([2H])([2H])[2H])c2cc(CS(=O)(=O)N([2H])C)ccc2n1[2H].[2H]c1c(C([2H])([2H])CN(C)C([2H])([2H])[2H])c2cc(CS(=O)(=O)N([2H])C)ccc2n1[2H].[2H]c1c(C([2H])([2H])CN(C)C)c2cc(CS(=O)(=O)N([2H])C)ccc2n1[2H]. The highest BCUT2D eigenvalue weighted by Crippen LogP contribution is 2.28. The number of nitrogens with one attached hydrogen (secondary N) is 12. The summed E-state index contributed by atoms with van der Waals surface area (Å²) in [5, 5.41) is 0.385. The van der Waals surface area contributed by atoms with Gasteiger partial charge in [-0.1, -0.05) is 36.4 Å². The number of hydrogen-bond donors (Lipinski definition) is 12. The second kappa shape index (κ2) is 45.2. The fourth-order valence-corrected chi connectivity index (χ4v) is 14.6. The van der Waals surface area contributed by atoms with E-state index in [9.17, 15) is 50.5 Å². The Hall–Kier alpha value is -8.22. The third kappa shape index (κ3) is 31.9. The molecule has 120 heavy (non-hydrogen) atoms. The highest BCUT2D eigenvalue weighted by atomic mass is 32.2. The van der Waals surface area contributed by atoms with Crippen molar-refractivity contribution in [3.63, 3.8) is 0 Å². The Balaban J connectivity index is 0.000000284. The van der Waals surface area contributed by atoms with Gasteiger partial charge in [-0.25, -0.2) is 78.8 Å². The molecule has 0 aliphatic rings. The summed E-state index contributed by atoms with van der Waals surface area (Å²) in [5.41, 5.74) is 0.0947. The van der Waals surface area contributed by atoms with Crippen molar-refractivity contribution < 1.29 is 129 Å². The van der Waals surface area contributed by atoms with Crippen LogP contribution in [-0.4, -0.2) is 275 Å². The Kier molecular flexibility index (Phi) is 16.9.